The van der Waals surface area contributed by atoms with Crippen LogP contribution in [0, 0.1) is 0 Å². The van der Waals surface area contributed by atoms with E-state index in [1.54, 1.807) is 23.5 Å². The molecule has 0 aliphatic heterocycles. The summed E-state index contributed by atoms with van der Waals surface area (Å²) in [7, 11) is 2.76. The van der Waals surface area contributed by atoms with Gasteiger partial charge in [-0.2, -0.15) is 0 Å². The third kappa shape index (κ3) is 4.72. The second-order valence-electron chi connectivity index (χ2n) is 4.50. The minimum absolute atomic E-state index is 0.140. The molecule has 0 atom stereocenters. The molecule has 0 aliphatic rings. The Morgan fingerprint density at radius 2 is 2.00 bits per heavy atom. The van der Waals surface area contributed by atoms with E-state index in [4.69, 9.17) is 9.47 Å². The molecule has 23 heavy (non-hydrogen) atoms. The van der Waals surface area contributed by atoms with Crippen LogP contribution in [0.2, 0.25) is 0 Å². The van der Waals surface area contributed by atoms with Gasteiger partial charge in [0.05, 0.1) is 26.3 Å². The molecular formula is C16H17NO5S. The molecule has 1 N–H and O–H groups in total. The molecule has 1 heterocycles. The molecule has 2 aromatic rings. The highest BCUT2D eigenvalue weighted by Crippen LogP contribution is 2.28. The van der Waals surface area contributed by atoms with Gasteiger partial charge in [-0.1, -0.05) is 6.07 Å². The van der Waals surface area contributed by atoms with Gasteiger partial charge in [-0.15, -0.1) is 11.3 Å². The molecule has 122 valence electrons. The zero-order valence-electron chi connectivity index (χ0n) is 12.8. The Morgan fingerprint density at radius 1 is 1.17 bits per heavy atom. The van der Waals surface area contributed by atoms with E-state index in [9.17, 15) is 9.59 Å². The number of carbonyl (C=O) groups is 2. The van der Waals surface area contributed by atoms with Gasteiger partial charge < -0.3 is 19.5 Å². The van der Waals surface area contributed by atoms with Gasteiger partial charge in [-0.05, 0) is 29.6 Å². The van der Waals surface area contributed by atoms with Gasteiger partial charge in [0, 0.05) is 4.88 Å². The summed E-state index contributed by atoms with van der Waals surface area (Å²) in [5.74, 6) is 0.0337. The van der Waals surface area contributed by atoms with Crippen LogP contribution < -0.4 is 14.8 Å². The Balaban J connectivity index is 1.91. The monoisotopic (exact) mass is 335 g/mol. The maximum atomic E-state index is 11.8. The first-order valence-corrected chi connectivity index (χ1v) is 7.70. The zero-order valence-corrected chi connectivity index (χ0v) is 13.6. The van der Waals surface area contributed by atoms with Crippen molar-refractivity contribution in [1.82, 2.24) is 5.32 Å². The van der Waals surface area contributed by atoms with Crippen molar-refractivity contribution in [2.24, 2.45) is 0 Å². The molecule has 6 nitrogen and oxygen atoms in total. The van der Waals surface area contributed by atoms with E-state index >= 15 is 0 Å². The first kappa shape index (κ1) is 16.8. The van der Waals surface area contributed by atoms with Gasteiger partial charge in [-0.3, -0.25) is 4.79 Å². The molecule has 0 bridgehead atoms. The van der Waals surface area contributed by atoms with Gasteiger partial charge >= 0.3 is 5.97 Å². The van der Waals surface area contributed by atoms with E-state index in [-0.39, 0.29) is 12.5 Å². The molecule has 7 heteroatoms. The average molecular weight is 335 g/mol. The van der Waals surface area contributed by atoms with Gasteiger partial charge in [0.1, 0.15) is 0 Å². The number of hydrogen-bond acceptors (Lipinski definition) is 6. The van der Waals surface area contributed by atoms with E-state index in [1.807, 2.05) is 17.5 Å². The number of methoxy groups -OCH3 is 2. The Bertz CT molecular complexity index is 669. The molecule has 0 aliphatic carbocycles. The third-order valence-corrected chi connectivity index (χ3v) is 3.86. The summed E-state index contributed by atoms with van der Waals surface area (Å²) in [6.07, 6.45) is 0. The Kier molecular flexibility index (Phi) is 5.99. The number of benzene rings is 1. The molecule has 0 saturated carbocycles. The second kappa shape index (κ2) is 8.19. The SMILES string of the molecule is COC(=O)c1ccc(OCC(=O)NCc2cccs2)c(OC)c1. The third-order valence-electron chi connectivity index (χ3n) is 2.98. The van der Waals surface area contributed by atoms with Gasteiger partial charge in [-0.25, -0.2) is 4.79 Å². The zero-order chi connectivity index (χ0) is 16.7. The molecule has 0 radical (unpaired) electrons. The number of esters is 1. The number of ether oxygens (including phenoxy) is 3. The summed E-state index contributed by atoms with van der Waals surface area (Å²) < 4.78 is 15.3. The number of nitrogens with one attached hydrogen (secondary N) is 1. The van der Waals surface area contributed by atoms with Crippen molar-refractivity contribution in [3.05, 3.63) is 46.2 Å². The fourth-order valence-corrected chi connectivity index (χ4v) is 2.47. The molecule has 1 aromatic heterocycles. The number of hydrogen-bond donors (Lipinski definition) is 1. The van der Waals surface area contributed by atoms with Crippen LogP contribution in [0.5, 0.6) is 11.5 Å². The molecular weight excluding hydrogens is 318 g/mol. The van der Waals surface area contributed by atoms with Crippen LogP contribution in [-0.4, -0.2) is 32.7 Å². The van der Waals surface area contributed by atoms with Crippen LogP contribution in [0.25, 0.3) is 0 Å². The normalized spacial score (nSPS) is 10.0. The van der Waals surface area contributed by atoms with E-state index < -0.39 is 5.97 Å². The van der Waals surface area contributed by atoms with Crippen molar-refractivity contribution in [3.63, 3.8) is 0 Å². The number of carbonyl (C=O) groups excluding carboxylic acids is 2. The number of rotatable bonds is 7. The van der Waals surface area contributed by atoms with E-state index in [1.165, 1.54) is 20.3 Å². The minimum atomic E-state index is -0.469. The quantitative estimate of drug-likeness (QED) is 0.786. The van der Waals surface area contributed by atoms with Crippen molar-refractivity contribution in [2.45, 2.75) is 6.54 Å². The molecule has 0 spiro atoms. The predicted octanol–water partition coefficient (Wildman–Crippen LogP) is 2.24. The largest absolute Gasteiger partial charge is 0.493 e. The Hall–Kier alpha value is -2.54. The van der Waals surface area contributed by atoms with Crippen LogP contribution in [0.3, 0.4) is 0 Å². The molecule has 0 fully saturated rings. The molecule has 2 rings (SSSR count). The number of thiophene rings is 1. The molecule has 0 saturated heterocycles. The summed E-state index contributed by atoms with van der Waals surface area (Å²) in [4.78, 5) is 24.3. The van der Waals surface area contributed by atoms with E-state index in [2.05, 4.69) is 10.1 Å². The maximum absolute atomic E-state index is 11.8. The second-order valence-corrected chi connectivity index (χ2v) is 5.53. The fourth-order valence-electron chi connectivity index (χ4n) is 1.82. The smallest absolute Gasteiger partial charge is 0.337 e. The van der Waals surface area contributed by atoms with Crippen LogP contribution in [0.4, 0.5) is 0 Å². The van der Waals surface area contributed by atoms with E-state index in [0.29, 0.717) is 23.6 Å². The maximum Gasteiger partial charge on any atom is 0.337 e. The van der Waals surface area contributed by atoms with E-state index in [0.717, 1.165) is 4.88 Å². The Morgan fingerprint density at radius 3 is 2.65 bits per heavy atom. The standard InChI is InChI=1S/C16H17NO5S/c1-20-14-8-11(16(19)21-2)5-6-13(14)22-10-15(18)17-9-12-4-3-7-23-12/h3-8H,9-10H2,1-2H3,(H,17,18). The fraction of sp³-hybridized carbons (Fsp3) is 0.250. The lowest BCUT2D eigenvalue weighted by atomic mass is 10.2. The molecule has 1 aromatic carbocycles. The summed E-state index contributed by atoms with van der Waals surface area (Å²) in [6.45, 7) is 0.331. The lowest BCUT2D eigenvalue weighted by molar-refractivity contribution is -0.123. The first-order chi connectivity index (χ1) is 11.1. The summed E-state index contributed by atoms with van der Waals surface area (Å²) in [5.41, 5.74) is 0.346. The lowest BCUT2D eigenvalue weighted by Crippen LogP contribution is -2.28. The van der Waals surface area contributed by atoms with Crippen molar-refractivity contribution in [1.29, 1.82) is 0 Å². The lowest BCUT2D eigenvalue weighted by Gasteiger charge is -2.11. The topological polar surface area (TPSA) is 73.9 Å². The van der Waals surface area contributed by atoms with Crippen LogP contribution in [-0.2, 0) is 16.1 Å². The van der Waals surface area contributed by atoms with Gasteiger partial charge in [0.15, 0.2) is 18.1 Å². The van der Waals surface area contributed by atoms with Crippen molar-refractivity contribution in [3.8, 4) is 11.5 Å². The van der Waals surface area contributed by atoms with Crippen molar-refractivity contribution in [2.75, 3.05) is 20.8 Å². The minimum Gasteiger partial charge on any atom is -0.493 e. The van der Waals surface area contributed by atoms with Crippen LogP contribution in [0.1, 0.15) is 15.2 Å². The van der Waals surface area contributed by atoms with Gasteiger partial charge in [0.2, 0.25) is 0 Å². The van der Waals surface area contributed by atoms with Crippen molar-refractivity contribution >= 4 is 23.2 Å². The molecule has 1 amide bonds. The van der Waals surface area contributed by atoms with Crippen LogP contribution >= 0.6 is 11.3 Å². The summed E-state index contributed by atoms with van der Waals surface area (Å²) in [5, 5.41) is 4.71. The highest BCUT2D eigenvalue weighted by molar-refractivity contribution is 7.09. The predicted molar refractivity (Wildman–Crippen MR) is 86.0 cm³/mol. The highest BCUT2D eigenvalue weighted by Gasteiger charge is 2.12. The number of amides is 1. The van der Waals surface area contributed by atoms with Crippen LogP contribution in [0.15, 0.2) is 35.7 Å². The molecule has 0 unspecified atom stereocenters. The average Bonchev–Trinajstić information content (AvgIpc) is 3.10. The summed E-state index contributed by atoms with van der Waals surface area (Å²) in [6, 6.07) is 8.49. The van der Waals surface area contributed by atoms with Gasteiger partial charge in [0.25, 0.3) is 5.91 Å². The van der Waals surface area contributed by atoms with Crippen molar-refractivity contribution < 1.29 is 23.8 Å². The summed E-state index contributed by atoms with van der Waals surface area (Å²) >= 11 is 1.57. The highest BCUT2D eigenvalue weighted by atomic mass is 32.1. The Labute approximate surface area is 138 Å². The first-order valence-electron chi connectivity index (χ1n) is 6.82.